The van der Waals surface area contributed by atoms with E-state index in [0.717, 1.165) is 4.57 Å². The largest absolute Gasteiger partial charge is 0.497 e. The third kappa shape index (κ3) is 4.21. The number of aromatic nitrogens is 2. The van der Waals surface area contributed by atoms with Crippen LogP contribution in [0.3, 0.4) is 0 Å². The summed E-state index contributed by atoms with van der Waals surface area (Å²) in [5, 5.41) is 4.48. The molecule has 0 saturated heterocycles. The minimum atomic E-state index is -0.588. The Kier molecular flexibility index (Phi) is 5.91. The Hall–Kier alpha value is -4.25. The number of rotatable bonds is 7. The number of carbonyl (C=O) groups excluding carboxylic acids is 1. The highest BCUT2D eigenvalue weighted by molar-refractivity contribution is 7.17. The smallest absolute Gasteiger partial charge is 0.332 e. The average Bonchev–Trinajstić information content (AvgIpc) is 3.54. The SMILES string of the molecule is COc1ccc(NC(=O)Cn2c(=O)n(Cc3ccc4c(c3)OCO4)c(=O)c3sccc32)c(OC)c1. The lowest BCUT2D eigenvalue weighted by atomic mass is 10.2. The van der Waals surface area contributed by atoms with Crippen molar-refractivity contribution in [3.63, 3.8) is 0 Å². The zero-order chi connectivity index (χ0) is 24.5. The lowest BCUT2D eigenvalue weighted by Gasteiger charge is -2.14. The fourth-order valence-electron chi connectivity index (χ4n) is 3.88. The molecule has 0 atom stereocenters. The van der Waals surface area contributed by atoms with E-state index in [-0.39, 0.29) is 19.9 Å². The molecule has 2 aromatic carbocycles. The van der Waals surface area contributed by atoms with Crippen molar-refractivity contribution in [3.05, 3.63) is 74.2 Å². The maximum Gasteiger partial charge on any atom is 0.332 e. The summed E-state index contributed by atoms with van der Waals surface area (Å²) < 4.78 is 24.0. The lowest BCUT2D eigenvalue weighted by Crippen LogP contribution is -2.41. The molecule has 3 heterocycles. The van der Waals surface area contributed by atoms with Crippen molar-refractivity contribution >= 4 is 33.1 Å². The summed E-state index contributed by atoms with van der Waals surface area (Å²) in [6.07, 6.45) is 0. The second kappa shape index (κ2) is 9.18. The average molecular weight is 496 g/mol. The molecule has 0 radical (unpaired) electrons. The molecule has 0 saturated carbocycles. The summed E-state index contributed by atoms with van der Waals surface area (Å²) >= 11 is 1.22. The molecule has 4 aromatic rings. The topological polar surface area (TPSA) is 110 Å². The third-order valence-corrected chi connectivity index (χ3v) is 6.49. The van der Waals surface area contributed by atoms with Crippen molar-refractivity contribution < 1.29 is 23.7 Å². The predicted octanol–water partition coefficient (Wildman–Crippen LogP) is 2.66. The van der Waals surface area contributed by atoms with Crippen molar-refractivity contribution in [3.8, 4) is 23.0 Å². The van der Waals surface area contributed by atoms with Gasteiger partial charge in [0.15, 0.2) is 11.5 Å². The zero-order valence-electron chi connectivity index (χ0n) is 18.9. The molecular weight excluding hydrogens is 474 g/mol. The number of hydrogen-bond donors (Lipinski definition) is 1. The van der Waals surface area contributed by atoms with E-state index in [2.05, 4.69) is 5.32 Å². The molecule has 180 valence electrons. The molecular formula is C24H21N3O7S. The molecule has 35 heavy (non-hydrogen) atoms. The molecule has 0 fully saturated rings. The summed E-state index contributed by atoms with van der Waals surface area (Å²) in [5.41, 5.74) is 0.537. The first-order chi connectivity index (χ1) is 17.0. The molecule has 0 bridgehead atoms. The van der Waals surface area contributed by atoms with Crippen LogP contribution < -0.4 is 35.5 Å². The predicted molar refractivity (Wildman–Crippen MR) is 130 cm³/mol. The zero-order valence-corrected chi connectivity index (χ0v) is 19.7. The van der Waals surface area contributed by atoms with E-state index in [1.807, 2.05) is 0 Å². The molecule has 1 aliphatic rings. The lowest BCUT2D eigenvalue weighted by molar-refractivity contribution is -0.116. The monoisotopic (exact) mass is 495 g/mol. The van der Waals surface area contributed by atoms with Gasteiger partial charge in [-0.15, -0.1) is 11.3 Å². The Balaban J connectivity index is 1.48. The van der Waals surface area contributed by atoms with Crippen LogP contribution in [0.15, 0.2) is 57.4 Å². The van der Waals surface area contributed by atoms with E-state index in [1.54, 1.807) is 47.8 Å². The van der Waals surface area contributed by atoms with Crippen LogP contribution in [0.1, 0.15) is 5.56 Å². The highest BCUT2D eigenvalue weighted by Gasteiger charge is 2.19. The van der Waals surface area contributed by atoms with Crippen LogP contribution in [0, 0.1) is 0 Å². The van der Waals surface area contributed by atoms with Gasteiger partial charge in [0.05, 0.1) is 32.0 Å². The normalized spacial score (nSPS) is 12.1. The Morgan fingerprint density at radius 3 is 2.66 bits per heavy atom. The Morgan fingerprint density at radius 2 is 1.86 bits per heavy atom. The number of nitrogens with zero attached hydrogens (tertiary/aromatic N) is 2. The van der Waals surface area contributed by atoms with Gasteiger partial charge in [-0.1, -0.05) is 6.07 Å². The molecule has 1 N–H and O–H groups in total. The number of amides is 1. The van der Waals surface area contributed by atoms with Crippen molar-refractivity contribution in [2.75, 3.05) is 26.3 Å². The van der Waals surface area contributed by atoms with Crippen molar-refractivity contribution in [1.82, 2.24) is 9.13 Å². The maximum absolute atomic E-state index is 13.4. The fourth-order valence-corrected chi connectivity index (χ4v) is 4.73. The van der Waals surface area contributed by atoms with E-state index < -0.39 is 17.2 Å². The van der Waals surface area contributed by atoms with Gasteiger partial charge in [-0.05, 0) is 41.3 Å². The van der Waals surface area contributed by atoms with Crippen molar-refractivity contribution in [2.45, 2.75) is 13.1 Å². The van der Waals surface area contributed by atoms with Crippen LogP contribution in [-0.4, -0.2) is 36.1 Å². The molecule has 0 spiro atoms. The summed E-state index contributed by atoms with van der Waals surface area (Å²) in [6.45, 7) is -0.139. The maximum atomic E-state index is 13.4. The molecule has 0 unspecified atom stereocenters. The Bertz CT molecular complexity index is 1550. The van der Waals surface area contributed by atoms with Gasteiger partial charge >= 0.3 is 5.69 Å². The molecule has 1 amide bonds. The number of anilines is 1. The van der Waals surface area contributed by atoms with Gasteiger partial charge in [0.1, 0.15) is 22.7 Å². The molecule has 10 nitrogen and oxygen atoms in total. The number of nitrogens with one attached hydrogen (secondary N) is 1. The fraction of sp³-hybridized carbons (Fsp3) is 0.208. The Morgan fingerprint density at radius 1 is 1.03 bits per heavy atom. The van der Waals surface area contributed by atoms with Crippen LogP contribution in [0.25, 0.3) is 10.2 Å². The van der Waals surface area contributed by atoms with E-state index in [0.29, 0.717) is 44.5 Å². The molecule has 11 heteroatoms. The molecule has 1 aliphatic heterocycles. The van der Waals surface area contributed by atoms with Gasteiger partial charge in [-0.3, -0.25) is 18.7 Å². The van der Waals surface area contributed by atoms with Crippen LogP contribution in [0.4, 0.5) is 5.69 Å². The number of carbonyl (C=O) groups is 1. The van der Waals surface area contributed by atoms with Gasteiger partial charge in [0, 0.05) is 6.07 Å². The van der Waals surface area contributed by atoms with Crippen LogP contribution >= 0.6 is 11.3 Å². The highest BCUT2D eigenvalue weighted by atomic mass is 32.1. The molecule has 0 aliphatic carbocycles. The van der Waals surface area contributed by atoms with Crippen LogP contribution in [0.5, 0.6) is 23.0 Å². The summed E-state index contributed by atoms with van der Waals surface area (Å²) in [5.74, 6) is 1.71. The number of fused-ring (bicyclic) bond motifs is 2. The number of benzene rings is 2. The van der Waals surface area contributed by atoms with Crippen molar-refractivity contribution in [2.24, 2.45) is 0 Å². The first-order valence-corrected chi connectivity index (χ1v) is 11.5. The van der Waals surface area contributed by atoms with Gasteiger partial charge in [0.2, 0.25) is 12.7 Å². The summed E-state index contributed by atoms with van der Waals surface area (Å²) in [4.78, 5) is 39.4. The van der Waals surface area contributed by atoms with Gasteiger partial charge in [-0.25, -0.2) is 4.79 Å². The van der Waals surface area contributed by atoms with Crippen LogP contribution in [0.2, 0.25) is 0 Å². The second-order valence-electron chi connectivity index (χ2n) is 7.70. The standard InChI is InChI=1S/C24H21N3O7S/c1-31-15-4-5-16(19(10-15)32-2)25-21(28)12-26-17-7-8-35-22(17)23(29)27(24(26)30)11-14-3-6-18-20(9-14)34-13-33-18/h3-10H,11-13H2,1-2H3,(H,25,28). The van der Waals surface area contributed by atoms with Gasteiger partial charge in [0.25, 0.3) is 5.56 Å². The van der Waals surface area contributed by atoms with E-state index in [9.17, 15) is 14.4 Å². The van der Waals surface area contributed by atoms with E-state index >= 15 is 0 Å². The molecule has 5 rings (SSSR count). The Labute approximate surface area is 202 Å². The minimum Gasteiger partial charge on any atom is -0.497 e. The first-order valence-electron chi connectivity index (χ1n) is 10.6. The molecule has 2 aromatic heterocycles. The number of thiophene rings is 1. The number of methoxy groups -OCH3 is 2. The number of ether oxygens (including phenoxy) is 4. The van der Waals surface area contributed by atoms with Gasteiger partial charge in [-0.2, -0.15) is 0 Å². The third-order valence-electron chi connectivity index (χ3n) is 5.60. The van der Waals surface area contributed by atoms with Crippen molar-refractivity contribution in [1.29, 1.82) is 0 Å². The first kappa shape index (κ1) is 22.5. The van der Waals surface area contributed by atoms with Crippen LogP contribution in [-0.2, 0) is 17.9 Å². The summed E-state index contributed by atoms with van der Waals surface area (Å²) in [7, 11) is 3.01. The van der Waals surface area contributed by atoms with Gasteiger partial charge < -0.3 is 24.3 Å². The second-order valence-corrected chi connectivity index (χ2v) is 8.61. The summed E-state index contributed by atoms with van der Waals surface area (Å²) in [6, 6.07) is 11.9. The quantitative estimate of drug-likeness (QED) is 0.420. The highest BCUT2D eigenvalue weighted by Crippen LogP contribution is 2.32. The number of hydrogen-bond acceptors (Lipinski definition) is 8. The minimum absolute atomic E-state index is 0.0239. The van der Waals surface area contributed by atoms with E-state index in [4.69, 9.17) is 18.9 Å². The van der Waals surface area contributed by atoms with E-state index in [1.165, 1.54) is 30.1 Å².